The van der Waals surface area contributed by atoms with Crippen LogP contribution in [0.2, 0.25) is 5.02 Å². The van der Waals surface area contributed by atoms with Crippen LogP contribution in [0.15, 0.2) is 24.3 Å². The van der Waals surface area contributed by atoms with Crippen molar-refractivity contribution in [3.8, 4) is 0 Å². The number of carbonyl (C=O) groups is 2. The van der Waals surface area contributed by atoms with Gasteiger partial charge in [-0.25, -0.2) is 4.79 Å². The molecular weight excluding hydrogens is 388 g/mol. The van der Waals surface area contributed by atoms with Crippen LogP contribution in [0.5, 0.6) is 0 Å². The van der Waals surface area contributed by atoms with E-state index in [0.29, 0.717) is 29.3 Å². The number of hydrogen-bond donors (Lipinski definition) is 0. The first-order valence-electron chi connectivity index (χ1n) is 10.7. The maximum atomic E-state index is 13.4. The summed E-state index contributed by atoms with van der Waals surface area (Å²) in [5.41, 5.74) is 0.418. The van der Waals surface area contributed by atoms with Gasteiger partial charge in [0.2, 0.25) is 0 Å². The van der Waals surface area contributed by atoms with E-state index in [0.717, 1.165) is 37.7 Å². The second-order valence-corrected chi connectivity index (χ2v) is 10.4. The lowest BCUT2D eigenvalue weighted by atomic mass is 9.47. The normalized spacial score (nSPS) is 40.6. The molecule has 1 aromatic carbocycles. The third kappa shape index (κ3) is 2.66. The van der Waals surface area contributed by atoms with Gasteiger partial charge in [-0.15, -0.1) is 0 Å². The standard InChI is InChI=1S/C23H29ClN2O3/c1-22(17-4-6-18(24)7-5-17)13-26(21(28)25(22)2)19-15-8-14-9-16(19)12-23(10-14,11-15)20(27)29-3/h4-7,14-16,19H,8-13H2,1-3H3. The van der Waals surface area contributed by atoms with E-state index in [9.17, 15) is 9.59 Å². The molecule has 5 fully saturated rings. The summed E-state index contributed by atoms with van der Waals surface area (Å²) in [5, 5.41) is 0.704. The van der Waals surface area contributed by atoms with Gasteiger partial charge in [0.25, 0.3) is 0 Å². The molecule has 4 aliphatic carbocycles. The van der Waals surface area contributed by atoms with E-state index in [1.54, 1.807) is 0 Å². The SMILES string of the molecule is COC(=O)C12CC3CC(C1)C(N1CC(C)(c4ccc(Cl)cc4)N(C)C1=O)C(C3)C2. The van der Waals surface area contributed by atoms with Crippen LogP contribution in [0.25, 0.3) is 0 Å². The molecule has 4 bridgehead atoms. The Morgan fingerprint density at radius 3 is 2.34 bits per heavy atom. The summed E-state index contributed by atoms with van der Waals surface area (Å²) >= 11 is 6.08. The maximum Gasteiger partial charge on any atom is 0.320 e. The first-order valence-corrected chi connectivity index (χ1v) is 11.0. The zero-order valence-electron chi connectivity index (χ0n) is 17.4. The molecule has 1 aliphatic heterocycles. The smallest absolute Gasteiger partial charge is 0.320 e. The lowest BCUT2D eigenvalue weighted by molar-refractivity contribution is -0.174. The highest BCUT2D eigenvalue weighted by Gasteiger charge is 2.62. The molecule has 5 aliphatic rings. The predicted octanol–water partition coefficient (Wildman–Crippen LogP) is 4.29. The monoisotopic (exact) mass is 416 g/mol. The average Bonchev–Trinajstić information content (AvgIpc) is 2.92. The lowest BCUT2D eigenvalue weighted by Gasteiger charge is -2.60. The van der Waals surface area contributed by atoms with Crippen LogP contribution >= 0.6 is 11.6 Å². The Balaban J connectivity index is 1.44. The number of hydrogen-bond acceptors (Lipinski definition) is 3. The van der Waals surface area contributed by atoms with Crippen LogP contribution < -0.4 is 0 Å². The van der Waals surface area contributed by atoms with E-state index in [-0.39, 0.29) is 29.0 Å². The summed E-state index contributed by atoms with van der Waals surface area (Å²) in [7, 11) is 3.41. The van der Waals surface area contributed by atoms with Crippen molar-refractivity contribution in [2.45, 2.75) is 50.6 Å². The fraction of sp³-hybridized carbons (Fsp3) is 0.652. The molecule has 156 valence electrons. The van der Waals surface area contributed by atoms with Gasteiger partial charge in [0.15, 0.2) is 0 Å². The molecule has 3 atom stereocenters. The van der Waals surface area contributed by atoms with Gasteiger partial charge in [-0.1, -0.05) is 23.7 Å². The summed E-state index contributed by atoms with van der Waals surface area (Å²) in [6.45, 7) is 2.82. The van der Waals surface area contributed by atoms with Crippen LogP contribution in [0.3, 0.4) is 0 Å². The van der Waals surface area contributed by atoms with Crippen LogP contribution in [-0.4, -0.2) is 48.5 Å². The molecule has 1 aromatic rings. The number of likely N-dealkylation sites (N-methyl/N-ethyl adjacent to an activating group) is 1. The molecule has 3 unspecified atom stereocenters. The molecule has 4 saturated carbocycles. The second kappa shape index (κ2) is 6.37. The third-order valence-electron chi connectivity index (χ3n) is 8.42. The molecule has 5 nitrogen and oxygen atoms in total. The van der Waals surface area contributed by atoms with E-state index in [1.165, 1.54) is 7.11 Å². The Bertz CT molecular complexity index is 840. The number of nitrogens with zero attached hydrogens (tertiary/aromatic N) is 2. The fourth-order valence-corrected chi connectivity index (χ4v) is 7.33. The molecule has 2 amide bonds. The van der Waals surface area contributed by atoms with Gasteiger partial charge in [-0.3, -0.25) is 4.79 Å². The number of amides is 2. The molecule has 0 aromatic heterocycles. The van der Waals surface area contributed by atoms with Gasteiger partial charge in [-0.2, -0.15) is 0 Å². The van der Waals surface area contributed by atoms with E-state index >= 15 is 0 Å². The van der Waals surface area contributed by atoms with Crippen molar-refractivity contribution < 1.29 is 14.3 Å². The largest absolute Gasteiger partial charge is 0.469 e. The number of benzene rings is 1. The van der Waals surface area contributed by atoms with Crippen molar-refractivity contribution in [1.29, 1.82) is 0 Å². The summed E-state index contributed by atoms with van der Waals surface area (Å²) in [6, 6.07) is 8.18. The zero-order valence-corrected chi connectivity index (χ0v) is 18.1. The van der Waals surface area contributed by atoms with Crippen molar-refractivity contribution in [2.75, 3.05) is 20.7 Å². The Hall–Kier alpha value is -1.75. The Labute approximate surface area is 177 Å². The molecule has 6 heteroatoms. The molecule has 1 heterocycles. The van der Waals surface area contributed by atoms with Gasteiger partial charge in [0.05, 0.1) is 24.6 Å². The Kier molecular flexibility index (Phi) is 4.22. The summed E-state index contributed by atoms with van der Waals surface area (Å²) in [4.78, 5) is 30.0. The summed E-state index contributed by atoms with van der Waals surface area (Å²) in [5.74, 6) is 1.35. The predicted molar refractivity (Wildman–Crippen MR) is 110 cm³/mol. The van der Waals surface area contributed by atoms with Crippen molar-refractivity contribution in [1.82, 2.24) is 9.80 Å². The minimum absolute atomic E-state index is 0.0359. The first kappa shape index (κ1) is 19.2. The van der Waals surface area contributed by atoms with Gasteiger partial charge in [0, 0.05) is 18.1 Å². The highest BCUT2D eigenvalue weighted by Crippen LogP contribution is 2.62. The topological polar surface area (TPSA) is 49.9 Å². The minimum Gasteiger partial charge on any atom is -0.469 e. The van der Waals surface area contributed by atoms with E-state index in [4.69, 9.17) is 16.3 Å². The van der Waals surface area contributed by atoms with Gasteiger partial charge in [0.1, 0.15) is 0 Å². The Morgan fingerprint density at radius 2 is 1.76 bits per heavy atom. The number of methoxy groups -OCH3 is 1. The van der Waals surface area contributed by atoms with Crippen molar-refractivity contribution >= 4 is 23.6 Å². The van der Waals surface area contributed by atoms with Crippen LogP contribution in [-0.2, 0) is 15.1 Å². The van der Waals surface area contributed by atoms with E-state index in [1.807, 2.05) is 36.2 Å². The van der Waals surface area contributed by atoms with Gasteiger partial charge in [-0.05, 0) is 74.5 Å². The number of ether oxygens (including phenoxy) is 1. The maximum absolute atomic E-state index is 13.4. The van der Waals surface area contributed by atoms with Gasteiger partial charge < -0.3 is 14.5 Å². The van der Waals surface area contributed by atoms with Crippen LogP contribution in [0.1, 0.15) is 44.6 Å². The van der Waals surface area contributed by atoms with Crippen LogP contribution in [0, 0.1) is 23.2 Å². The van der Waals surface area contributed by atoms with Crippen LogP contribution in [0.4, 0.5) is 4.79 Å². The highest BCUT2D eigenvalue weighted by atomic mass is 35.5. The van der Waals surface area contributed by atoms with Crippen molar-refractivity contribution in [2.24, 2.45) is 23.2 Å². The Morgan fingerprint density at radius 1 is 1.14 bits per heavy atom. The number of esters is 1. The summed E-state index contributed by atoms with van der Waals surface area (Å²) < 4.78 is 5.20. The highest BCUT2D eigenvalue weighted by molar-refractivity contribution is 6.30. The molecular formula is C23H29ClN2O3. The minimum atomic E-state index is -0.379. The quantitative estimate of drug-likeness (QED) is 0.690. The number of rotatable bonds is 3. The summed E-state index contributed by atoms with van der Waals surface area (Å²) in [6.07, 6.45) is 4.96. The number of halogens is 1. The third-order valence-corrected chi connectivity index (χ3v) is 8.67. The second-order valence-electron chi connectivity index (χ2n) is 9.98. The molecule has 0 radical (unpaired) electrons. The molecule has 29 heavy (non-hydrogen) atoms. The molecule has 1 saturated heterocycles. The first-order chi connectivity index (χ1) is 13.8. The van der Waals surface area contributed by atoms with Gasteiger partial charge >= 0.3 is 12.0 Å². The van der Waals surface area contributed by atoms with E-state index in [2.05, 4.69) is 11.8 Å². The number of carbonyl (C=O) groups excluding carboxylic acids is 2. The van der Waals surface area contributed by atoms with Crippen molar-refractivity contribution in [3.63, 3.8) is 0 Å². The molecule has 0 spiro atoms. The zero-order chi connectivity index (χ0) is 20.6. The average molecular weight is 417 g/mol. The number of urea groups is 1. The van der Waals surface area contributed by atoms with Crippen molar-refractivity contribution in [3.05, 3.63) is 34.9 Å². The van der Waals surface area contributed by atoms with E-state index < -0.39 is 0 Å². The molecule has 6 rings (SSSR count). The lowest BCUT2D eigenvalue weighted by Crippen LogP contribution is -2.61. The fourth-order valence-electron chi connectivity index (χ4n) is 7.21. The molecule has 0 N–H and O–H groups in total.